The monoisotopic (exact) mass is 362 g/mol. The smallest absolute Gasteiger partial charge is 0.475 e. The molecule has 0 aromatic rings. The summed E-state index contributed by atoms with van der Waals surface area (Å²) in [6, 6.07) is 0. The fourth-order valence-corrected chi connectivity index (χ4v) is 0.628. The summed E-state index contributed by atoms with van der Waals surface area (Å²) in [5.74, 6) is -3.53. The minimum Gasteiger partial charge on any atom is -0.475 e. The molecule has 0 atom stereocenters. The van der Waals surface area contributed by atoms with E-state index in [1.165, 1.54) is 0 Å². The predicted molar refractivity (Wildman–Crippen MR) is 36.7 cm³/mol. The van der Waals surface area contributed by atoms with Crippen LogP contribution in [0, 0.1) is 0 Å². The van der Waals surface area contributed by atoms with Gasteiger partial charge in [0, 0.05) is 0 Å². The van der Waals surface area contributed by atoms with Gasteiger partial charge in [-0.1, -0.05) is 0 Å². The third-order valence-electron chi connectivity index (χ3n) is 1.33. The maximum Gasteiger partial charge on any atom is 0.529 e. The van der Waals surface area contributed by atoms with Gasteiger partial charge < -0.3 is 5.11 Å². The van der Waals surface area contributed by atoms with Crippen molar-refractivity contribution < 1.29 is 72.4 Å². The lowest BCUT2D eigenvalue weighted by Gasteiger charge is -2.29. The first kappa shape index (κ1) is 20.6. The molecule has 0 aliphatic heterocycles. The van der Waals surface area contributed by atoms with Crippen molar-refractivity contribution in [2.75, 3.05) is 0 Å². The van der Waals surface area contributed by atoms with Gasteiger partial charge in [-0.05, 0) is 0 Å². The zero-order valence-corrected chi connectivity index (χ0v) is 9.24. The van der Waals surface area contributed by atoms with Crippen LogP contribution in [0.5, 0.6) is 0 Å². The zero-order valence-electron chi connectivity index (χ0n) is 9.24. The van der Waals surface area contributed by atoms with Crippen LogP contribution in [-0.4, -0.2) is 42.1 Å². The minimum atomic E-state index is -6.83. The average Bonchev–Trinajstić information content (AvgIpc) is 2.07. The quantitative estimate of drug-likeness (QED) is 0.557. The van der Waals surface area contributed by atoms with Gasteiger partial charge in [0.05, 0.1) is 0 Å². The van der Waals surface area contributed by atoms with E-state index in [-0.39, 0.29) is 0 Å². The van der Waals surface area contributed by atoms with Gasteiger partial charge in [-0.25, -0.2) is 14.3 Å². The second kappa shape index (κ2) is 5.65. The van der Waals surface area contributed by atoms with Crippen LogP contribution in [0.4, 0.5) is 48.3 Å². The summed E-state index contributed by atoms with van der Waals surface area (Å²) in [5.41, 5.74) is 0. The fourth-order valence-electron chi connectivity index (χ4n) is 0.628. The van der Waals surface area contributed by atoms with Crippen LogP contribution in [0.1, 0.15) is 0 Å². The maximum atomic E-state index is 12.5. The highest BCUT2D eigenvalue weighted by Gasteiger charge is 2.70. The topological polar surface area (TPSA) is 65.0 Å². The largest absolute Gasteiger partial charge is 0.529 e. The Morgan fingerprint density at radius 3 is 1.36 bits per heavy atom. The number of hydrogen-bond donors (Lipinski definition) is 1. The second-order valence-electron chi connectivity index (χ2n) is 3.07. The summed E-state index contributed by atoms with van der Waals surface area (Å²) < 4.78 is 138. The molecule has 22 heavy (non-hydrogen) atoms. The average molecular weight is 362 g/mol. The first-order valence-corrected chi connectivity index (χ1v) is 4.23. The summed E-state index contributed by atoms with van der Waals surface area (Å²) in [7, 11) is 0. The van der Waals surface area contributed by atoms with Gasteiger partial charge >= 0.3 is 37.0 Å². The van der Waals surface area contributed by atoms with Crippen molar-refractivity contribution in [2.45, 2.75) is 31.0 Å². The van der Waals surface area contributed by atoms with Crippen LogP contribution >= 0.6 is 0 Å². The molecule has 5 nitrogen and oxygen atoms in total. The maximum absolute atomic E-state index is 12.5. The van der Waals surface area contributed by atoms with Gasteiger partial charge in [0.25, 0.3) is 0 Å². The van der Waals surface area contributed by atoms with E-state index in [1.54, 1.807) is 9.47 Å². The molecule has 0 spiro atoms. The van der Waals surface area contributed by atoms with Crippen LogP contribution in [0.2, 0.25) is 0 Å². The highest BCUT2D eigenvalue weighted by molar-refractivity contribution is 5.73. The van der Waals surface area contributed by atoms with Gasteiger partial charge in [-0.2, -0.15) is 31.1 Å². The van der Waals surface area contributed by atoms with Crippen molar-refractivity contribution in [1.82, 2.24) is 0 Å². The van der Waals surface area contributed by atoms with E-state index in [4.69, 9.17) is 5.11 Å². The van der Waals surface area contributed by atoms with E-state index in [2.05, 4.69) is 0 Å². The molecule has 0 bridgehead atoms. The Bertz CT molecular complexity index is 416. The molecule has 0 amide bonds. The van der Waals surface area contributed by atoms with E-state index in [0.717, 1.165) is 0 Å². The third-order valence-corrected chi connectivity index (χ3v) is 1.33. The number of ether oxygens (including phenoxy) is 3. The molecule has 0 saturated carbocycles. The molecule has 0 heterocycles. The van der Waals surface area contributed by atoms with E-state index in [1.807, 2.05) is 4.74 Å². The Balaban J connectivity index is 5.24. The Labute approximate surface area is 111 Å². The molecule has 0 aromatic heterocycles. The first-order chi connectivity index (χ1) is 9.31. The molecule has 0 unspecified atom stereocenters. The SMILES string of the molecule is O=C(O)C(F)(F)OC(F)(F)C(F)(F)OC(F)(F)OC(F)(F)F. The molecule has 0 aromatic carbocycles. The number of hydrogen-bond acceptors (Lipinski definition) is 4. The van der Waals surface area contributed by atoms with E-state index < -0.39 is 37.0 Å². The number of aliphatic carboxylic acids is 1. The van der Waals surface area contributed by atoms with Gasteiger partial charge in [0.15, 0.2) is 0 Å². The van der Waals surface area contributed by atoms with Crippen LogP contribution in [0.25, 0.3) is 0 Å². The number of halogens is 11. The van der Waals surface area contributed by atoms with Crippen LogP contribution in [0.15, 0.2) is 0 Å². The molecule has 1 N–H and O–H groups in total. The van der Waals surface area contributed by atoms with Crippen LogP contribution in [0.3, 0.4) is 0 Å². The Morgan fingerprint density at radius 2 is 1.05 bits per heavy atom. The van der Waals surface area contributed by atoms with Crippen molar-refractivity contribution in [3.63, 3.8) is 0 Å². The molecule has 0 aliphatic rings. The lowest BCUT2D eigenvalue weighted by atomic mass is 10.5. The van der Waals surface area contributed by atoms with E-state index in [0.29, 0.717) is 0 Å². The minimum absolute atomic E-state index is 1.61. The fraction of sp³-hybridized carbons (Fsp3) is 0.833. The van der Waals surface area contributed by atoms with Crippen LogP contribution in [-0.2, 0) is 19.0 Å². The van der Waals surface area contributed by atoms with Gasteiger partial charge in [0.1, 0.15) is 0 Å². The Morgan fingerprint density at radius 1 is 0.682 bits per heavy atom. The molecule has 132 valence electrons. The Hall–Kier alpha value is -1.42. The molecular formula is C6HF11O5. The van der Waals surface area contributed by atoms with Crippen molar-refractivity contribution in [3.8, 4) is 0 Å². The van der Waals surface area contributed by atoms with Crippen molar-refractivity contribution in [3.05, 3.63) is 0 Å². The summed E-state index contributed by atoms with van der Waals surface area (Å²) in [5, 5.41) is 7.64. The van der Waals surface area contributed by atoms with Gasteiger partial charge in [0.2, 0.25) is 0 Å². The van der Waals surface area contributed by atoms with Crippen molar-refractivity contribution >= 4 is 5.97 Å². The molecule has 0 fully saturated rings. The van der Waals surface area contributed by atoms with E-state index >= 15 is 0 Å². The number of rotatable bonds is 7. The molecular weight excluding hydrogens is 361 g/mol. The number of carboxylic acids is 1. The molecule has 0 radical (unpaired) electrons. The summed E-state index contributed by atoms with van der Waals surface area (Å²) in [6.45, 7) is 0. The first-order valence-electron chi connectivity index (χ1n) is 4.23. The summed E-state index contributed by atoms with van der Waals surface area (Å²) in [6.07, 6.45) is -32.4. The lowest BCUT2D eigenvalue weighted by molar-refractivity contribution is -0.573. The number of carboxylic acid groups (broad SMARTS) is 1. The van der Waals surface area contributed by atoms with Crippen LogP contribution < -0.4 is 0 Å². The van der Waals surface area contributed by atoms with Gasteiger partial charge in [-0.3, -0.25) is 0 Å². The number of alkyl halides is 11. The second-order valence-corrected chi connectivity index (χ2v) is 3.07. The summed E-state index contributed by atoms with van der Waals surface area (Å²) in [4.78, 5) is 9.68. The predicted octanol–water partition coefficient (Wildman–Crippen LogP) is 2.97. The molecule has 16 heteroatoms. The van der Waals surface area contributed by atoms with Gasteiger partial charge in [-0.15, -0.1) is 22.0 Å². The molecule has 0 saturated heterocycles. The highest BCUT2D eigenvalue weighted by atomic mass is 19.4. The number of carbonyl (C=O) groups is 1. The molecule has 0 rings (SSSR count). The third kappa shape index (κ3) is 5.76. The van der Waals surface area contributed by atoms with Crippen molar-refractivity contribution in [1.29, 1.82) is 0 Å². The van der Waals surface area contributed by atoms with E-state index in [9.17, 15) is 53.1 Å². The standard InChI is InChI=1S/C6HF11O5/c7-2(8,1(18)19)20-3(9,10)4(11,12)21-6(16,17)22-5(13,14)15/h(H,18,19). The van der Waals surface area contributed by atoms with Crippen molar-refractivity contribution in [2.24, 2.45) is 0 Å². The zero-order chi connectivity index (χ0) is 18.2. The summed E-state index contributed by atoms with van der Waals surface area (Å²) >= 11 is 0. The lowest BCUT2D eigenvalue weighted by Crippen LogP contribution is -2.54. The normalized spacial score (nSPS) is 15.0. The highest BCUT2D eigenvalue weighted by Crippen LogP contribution is 2.44. The molecule has 0 aliphatic carbocycles. The Kier molecular flexibility index (Phi) is 5.29.